The average molecular weight is 537 g/mol. The zero-order valence-corrected chi connectivity index (χ0v) is 18.8. The lowest BCUT2D eigenvalue weighted by atomic mass is 10.2. The molecule has 0 aliphatic rings. The Labute approximate surface area is 194 Å². The SMILES string of the molecule is CCOCC(=O)N(C)c1c(S(=O)C(F)(F)F)c(C#N)nn1-c1c(Cl)cc(C(F)(F)F)cc1Cl. The van der Waals surface area contributed by atoms with Crippen molar-refractivity contribution < 1.29 is 40.1 Å². The van der Waals surface area contributed by atoms with Crippen LogP contribution in [-0.2, 0) is 26.5 Å². The smallest absolute Gasteiger partial charge is 0.372 e. The zero-order chi connectivity index (χ0) is 25.3. The van der Waals surface area contributed by atoms with Gasteiger partial charge in [0.05, 0.1) is 15.6 Å². The minimum atomic E-state index is -5.37. The number of benzene rings is 1. The Balaban J connectivity index is 2.90. The highest BCUT2D eigenvalue weighted by atomic mass is 35.5. The van der Waals surface area contributed by atoms with Crippen LogP contribution in [0.5, 0.6) is 0 Å². The van der Waals surface area contributed by atoms with Crippen LogP contribution >= 0.6 is 23.2 Å². The molecule has 1 atom stereocenters. The number of alkyl halides is 6. The van der Waals surface area contributed by atoms with Crippen molar-refractivity contribution in [3.63, 3.8) is 0 Å². The summed E-state index contributed by atoms with van der Waals surface area (Å²) in [7, 11) is -2.89. The van der Waals surface area contributed by atoms with E-state index in [1.165, 1.54) is 13.0 Å². The molecule has 0 spiro atoms. The summed E-state index contributed by atoms with van der Waals surface area (Å²) in [5.74, 6) is -1.78. The van der Waals surface area contributed by atoms with Crippen LogP contribution in [0.25, 0.3) is 5.69 Å². The van der Waals surface area contributed by atoms with Gasteiger partial charge in [0.1, 0.15) is 23.3 Å². The number of carbonyl (C=O) groups is 1. The van der Waals surface area contributed by atoms with Crippen molar-refractivity contribution in [1.29, 1.82) is 5.26 Å². The summed E-state index contributed by atoms with van der Waals surface area (Å²) in [4.78, 5) is 11.8. The van der Waals surface area contributed by atoms with E-state index in [9.17, 15) is 40.6 Å². The molecule has 0 bridgehead atoms. The predicted octanol–water partition coefficient (Wildman–Crippen LogP) is 4.70. The summed E-state index contributed by atoms with van der Waals surface area (Å²) >= 11 is 11.9. The van der Waals surface area contributed by atoms with Crippen LogP contribution in [0, 0.1) is 11.3 Å². The molecule has 0 radical (unpaired) electrons. The van der Waals surface area contributed by atoms with Crippen LogP contribution in [0.1, 0.15) is 18.2 Å². The molecule has 0 saturated heterocycles. The standard InChI is InChI=1S/C17H12Cl2F6N4O3S/c1-3-32-7-12(30)28(2)15-14(33(31)17(23,24)25)11(6-26)27-29(15)13-9(18)4-8(5-10(13)19)16(20,21)22/h4-5H,3,7H2,1-2H3. The second-order valence-corrected chi connectivity index (χ2v) is 8.34. The molecule has 0 aliphatic heterocycles. The number of hydrogen-bond acceptors (Lipinski definition) is 5. The fraction of sp³-hybridized carbons (Fsp3) is 0.353. The van der Waals surface area contributed by atoms with Gasteiger partial charge < -0.3 is 4.74 Å². The topological polar surface area (TPSA) is 88.2 Å². The van der Waals surface area contributed by atoms with E-state index in [2.05, 4.69) is 5.10 Å². The van der Waals surface area contributed by atoms with Gasteiger partial charge in [-0.2, -0.15) is 36.7 Å². The molecule has 1 aromatic carbocycles. The first-order valence-electron chi connectivity index (χ1n) is 8.57. The van der Waals surface area contributed by atoms with E-state index in [1.807, 2.05) is 0 Å². The van der Waals surface area contributed by atoms with Gasteiger partial charge >= 0.3 is 11.7 Å². The number of ether oxygens (including phenoxy) is 1. The molecule has 0 N–H and O–H groups in total. The van der Waals surface area contributed by atoms with Gasteiger partial charge in [-0.3, -0.25) is 9.69 Å². The molecular formula is C17H12Cl2F6N4O3S. The Morgan fingerprint density at radius 1 is 1.24 bits per heavy atom. The normalized spacial score (nSPS) is 13.0. The number of rotatable bonds is 6. The molecule has 2 aromatic rings. The van der Waals surface area contributed by atoms with Gasteiger partial charge in [0, 0.05) is 13.7 Å². The minimum Gasteiger partial charge on any atom is -0.372 e. The summed E-state index contributed by atoms with van der Waals surface area (Å²) in [6.45, 7) is 0.990. The van der Waals surface area contributed by atoms with E-state index in [0.717, 1.165) is 7.05 Å². The van der Waals surface area contributed by atoms with Crippen LogP contribution in [0.3, 0.4) is 0 Å². The van der Waals surface area contributed by atoms with Gasteiger partial charge in [-0.1, -0.05) is 23.2 Å². The van der Waals surface area contributed by atoms with Crippen LogP contribution in [0.2, 0.25) is 10.0 Å². The Morgan fingerprint density at radius 2 is 1.79 bits per heavy atom. The third kappa shape index (κ3) is 5.60. The number of amides is 1. The van der Waals surface area contributed by atoms with E-state index in [4.69, 9.17) is 27.9 Å². The quantitative estimate of drug-likeness (QED) is 0.499. The highest BCUT2D eigenvalue weighted by Gasteiger charge is 2.44. The highest BCUT2D eigenvalue weighted by Crippen LogP contribution is 2.42. The van der Waals surface area contributed by atoms with Crippen LogP contribution < -0.4 is 4.90 Å². The third-order valence-corrected chi connectivity index (χ3v) is 5.74. The molecule has 2 rings (SSSR count). The van der Waals surface area contributed by atoms with Crippen LogP contribution in [0.15, 0.2) is 17.0 Å². The summed E-state index contributed by atoms with van der Waals surface area (Å²) in [5.41, 5.74) is -8.22. The van der Waals surface area contributed by atoms with Crippen molar-refractivity contribution >= 4 is 45.7 Å². The fourth-order valence-corrected chi connectivity index (χ4v) is 4.07. The van der Waals surface area contributed by atoms with Crippen molar-refractivity contribution in [3.8, 4) is 11.8 Å². The van der Waals surface area contributed by atoms with Gasteiger partial charge in [0.25, 0.3) is 5.91 Å². The highest BCUT2D eigenvalue weighted by molar-refractivity contribution is 7.86. The first-order chi connectivity index (χ1) is 15.1. The lowest BCUT2D eigenvalue weighted by molar-refractivity contribution is -0.137. The van der Waals surface area contributed by atoms with Gasteiger partial charge in [-0.05, 0) is 19.1 Å². The van der Waals surface area contributed by atoms with Crippen molar-refractivity contribution in [3.05, 3.63) is 33.4 Å². The van der Waals surface area contributed by atoms with Gasteiger partial charge in [-0.15, -0.1) is 0 Å². The average Bonchev–Trinajstić information content (AvgIpc) is 3.07. The van der Waals surface area contributed by atoms with Crippen molar-refractivity contribution in [2.24, 2.45) is 0 Å². The molecule has 1 unspecified atom stereocenters. The number of hydrogen-bond donors (Lipinski definition) is 0. The van der Waals surface area contributed by atoms with E-state index < -0.39 is 72.7 Å². The number of nitrogens with zero attached hydrogens (tertiary/aromatic N) is 4. The fourth-order valence-electron chi connectivity index (χ4n) is 2.54. The Kier molecular flexibility index (Phi) is 8.06. The first kappa shape index (κ1) is 26.9. The summed E-state index contributed by atoms with van der Waals surface area (Å²) in [6.07, 6.45) is -4.86. The number of aromatic nitrogens is 2. The molecule has 180 valence electrons. The second kappa shape index (κ2) is 9.88. The van der Waals surface area contributed by atoms with E-state index in [1.54, 1.807) is 0 Å². The van der Waals surface area contributed by atoms with Gasteiger partial charge in [-0.25, -0.2) is 8.89 Å². The summed E-state index contributed by atoms with van der Waals surface area (Å²) in [5, 5.41) is 11.5. The second-order valence-electron chi connectivity index (χ2n) is 6.12. The molecule has 1 amide bonds. The number of likely N-dealkylation sites (N-methyl/N-ethyl adjacent to an activating group) is 1. The zero-order valence-electron chi connectivity index (χ0n) is 16.5. The monoisotopic (exact) mass is 536 g/mol. The molecular weight excluding hydrogens is 525 g/mol. The van der Waals surface area contributed by atoms with Crippen molar-refractivity contribution in [2.45, 2.75) is 23.5 Å². The molecule has 0 fully saturated rings. The largest absolute Gasteiger partial charge is 0.476 e. The molecule has 33 heavy (non-hydrogen) atoms. The Hall–Kier alpha value is -2.34. The molecule has 7 nitrogen and oxygen atoms in total. The van der Waals surface area contributed by atoms with E-state index in [-0.39, 0.29) is 6.61 Å². The number of anilines is 1. The Bertz CT molecular complexity index is 1120. The third-order valence-electron chi connectivity index (χ3n) is 4.00. The molecule has 1 aromatic heterocycles. The molecule has 0 saturated carbocycles. The first-order valence-corrected chi connectivity index (χ1v) is 10.5. The van der Waals surface area contributed by atoms with Gasteiger partial charge in [0.2, 0.25) is 0 Å². The number of nitriles is 1. The summed E-state index contributed by atoms with van der Waals surface area (Å²) in [6, 6.07) is 2.20. The molecule has 16 heteroatoms. The maximum Gasteiger partial charge on any atom is 0.476 e. The van der Waals surface area contributed by atoms with Crippen molar-refractivity contribution in [1.82, 2.24) is 9.78 Å². The lowest BCUT2D eigenvalue weighted by Gasteiger charge is -2.21. The van der Waals surface area contributed by atoms with Gasteiger partial charge in [0.15, 0.2) is 22.3 Å². The Morgan fingerprint density at radius 3 is 2.21 bits per heavy atom. The van der Waals surface area contributed by atoms with E-state index >= 15 is 0 Å². The maximum absolute atomic E-state index is 13.3. The van der Waals surface area contributed by atoms with Crippen molar-refractivity contribution in [2.75, 3.05) is 25.2 Å². The van der Waals surface area contributed by atoms with E-state index in [0.29, 0.717) is 21.7 Å². The molecule has 0 aliphatic carbocycles. The number of carbonyl (C=O) groups excluding carboxylic acids is 1. The lowest BCUT2D eigenvalue weighted by Crippen LogP contribution is -2.33. The van der Waals surface area contributed by atoms with Crippen LogP contribution in [-0.4, -0.2) is 45.7 Å². The maximum atomic E-state index is 13.3. The molecule has 1 heterocycles. The van der Waals surface area contributed by atoms with Crippen LogP contribution in [0.4, 0.5) is 32.2 Å². The minimum absolute atomic E-state index is 0.0696. The predicted molar refractivity (Wildman–Crippen MR) is 106 cm³/mol. The summed E-state index contributed by atoms with van der Waals surface area (Å²) < 4.78 is 96.7. The number of halogens is 8.